The second-order valence-corrected chi connectivity index (χ2v) is 8.43. The van der Waals surface area contributed by atoms with Crippen LogP contribution < -0.4 is 15.0 Å². The van der Waals surface area contributed by atoms with E-state index < -0.39 is 11.7 Å². The standard InChI is InChI=1S/C25H27FN2O3/c1-16-8-7-11-20(17(16)2)27-24(29)15-28-21-12-5-6-13-22(21)31-23(25(28)30)14-18-9-3-4-10-19(18)26/h3-6,9-10,12-14,16-17,20H,7-8,11,15H2,1-2H3,(H,27,29). The topological polar surface area (TPSA) is 58.6 Å². The number of benzene rings is 2. The molecule has 1 N–H and O–H groups in total. The number of carbonyl (C=O) groups is 2. The van der Waals surface area contributed by atoms with Crippen LogP contribution in [0.15, 0.2) is 54.3 Å². The fourth-order valence-corrected chi connectivity index (χ4v) is 4.33. The molecule has 1 aliphatic heterocycles. The van der Waals surface area contributed by atoms with E-state index in [1.807, 2.05) is 0 Å². The molecule has 0 bridgehead atoms. The van der Waals surface area contributed by atoms with E-state index in [1.165, 1.54) is 23.5 Å². The van der Waals surface area contributed by atoms with Crippen molar-refractivity contribution in [2.45, 2.75) is 39.2 Å². The summed E-state index contributed by atoms with van der Waals surface area (Å²) in [5.74, 6) is 0.258. The van der Waals surface area contributed by atoms with Gasteiger partial charge in [-0.15, -0.1) is 0 Å². The summed E-state index contributed by atoms with van der Waals surface area (Å²) in [5.41, 5.74) is 0.776. The number of para-hydroxylation sites is 2. The van der Waals surface area contributed by atoms with Crippen LogP contribution >= 0.6 is 0 Å². The lowest BCUT2D eigenvalue weighted by Crippen LogP contribution is -2.49. The third kappa shape index (κ3) is 4.48. The first kappa shape index (κ1) is 21.1. The van der Waals surface area contributed by atoms with Crippen molar-refractivity contribution in [3.8, 4) is 5.75 Å². The maximum Gasteiger partial charge on any atom is 0.294 e. The Morgan fingerprint density at radius 2 is 1.90 bits per heavy atom. The largest absolute Gasteiger partial charge is 0.449 e. The molecule has 2 amide bonds. The number of nitrogens with zero attached hydrogens (tertiary/aromatic N) is 1. The number of carbonyl (C=O) groups excluding carboxylic acids is 2. The minimum atomic E-state index is -0.470. The fourth-order valence-electron chi connectivity index (χ4n) is 4.33. The Kier molecular flexibility index (Phi) is 6.07. The molecule has 5 nitrogen and oxygen atoms in total. The van der Waals surface area contributed by atoms with Crippen LogP contribution in [-0.4, -0.2) is 24.4 Å². The first-order valence-corrected chi connectivity index (χ1v) is 10.8. The monoisotopic (exact) mass is 422 g/mol. The summed E-state index contributed by atoms with van der Waals surface area (Å²) in [4.78, 5) is 27.5. The average Bonchev–Trinajstić information content (AvgIpc) is 2.76. The van der Waals surface area contributed by atoms with Crippen molar-refractivity contribution >= 4 is 23.6 Å². The summed E-state index contributed by atoms with van der Waals surface area (Å²) < 4.78 is 19.9. The lowest BCUT2D eigenvalue weighted by molar-refractivity contribution is -0.124. The number of nitrogens with one attached hydrogen (secondary N) is 1. The zero-order chi connectivity index (χ0) is 22.0. The predicted molar refractivity (Wildman–Crippen MR) is 118 cm³/mol. The molecule has 1 fully saturated rings. The van der Waals surface area contributed by atoms with Crippen molar-refractivity contribution in [1.82, 2.24) is 5.32 Å². The van der Waals surface area contributed by atoms with Gasteiger partial charge in [0.05, 0.1) is 5.69 Å². The van der Waals surface area contributed by atoms with Gasteiger partial charge in [-0.1, -0.05) is 57.0 Å². The van der Waals surface area contributed by atoms with E-state index in [9.17, 15) is 14.0 Å². The average molecular weight is 423 g/mol. The van der Waals surface area contributed by atoms with Crippen LogP contribution in [0.4, 0.5) is 10.1 Å². The molecule has 3 atom stereocenters. The van der Waals surface area contributed by atoms with Gasteiger partial charge in [0.25, 0.3) is 5.91 Å². The summed E-state index contributed by atoms with van der Waals surface area (Å²) in [7, 11) is 0. The lowest BCUT2D eigenvalue weighted by atomic mass is 9.78. The summed E-state index contributed by atoms with van der Waals surface area (Å²) in [6.45, 7) is 4.26. The number of amides is 2. The SMILES string of the molecule is CC1CCCC(NC(=O)CN2C(=O)C(=Cc3ccccc3F)Oc3ccccc32)C1C. The predicted octanol–water partition coefficient (Wildman–Crippen LogP) is 4.53. The number of rotatable bonds is 4. The maximum atomic E-state index is 14.1. The van der Waals surface area contributed by atoms with Gasteiger partial charge in [-0.25, -0.2) is 4.39 Å². The number of anilines is 1. The number of fused-ring (bicyclic) bond motifs is 1. The molecule has 1 heterocycles. The first-order chi connectivity index (χ1) is 14.9. The molecular formula is C25H27FN2O3. The Balaban J connectivity index is 1.58. The molecule has 0 aromatic heterocycles. The maximum absolute atomic E-state index is 14.1. The summed E-state index contributed by atoms with van der Waals surface area (Å²) in [6.07, 6.45) is 4.59. The second-order valence-electron chi connectivity index (χ2n) is 8.43. The molecule has 0 radical (unpaired) electrons. The third-order valence-corrected chi connectivity index (χ3v) is 6.38. The van der Waals surface area contributed by atoms with Crippen molar-refractivity contribution in [1.29, 1.82) is 0 Å². The lowest BCUT2D eigenvalue weighted by Gasteiger charge is -2.35. The Morgan fingerprint density at radius 1 is 1.16 bits per heavy atom. The van der Waals surface area contributed by atoms with Crippen LogP contribution in [0.1, 0.15) is 38.7 Å². The van der Waals surface area contributed by atoms with Crippen molar-refractivity contribution in [3.63, 3.8) is 0 Å². The van der Waals surface area contributed by atoms with Crippen LogP contribution in [0, 0.1) is 17.7 Å². The molecule has 2 aromatic rings. The van der Waals surface area contributed by atoms with E-state index in [2.05, 4.69) is 19.2 Å². The summed E-state index contributed by atoms with van der Waals surface area (Å²) in [6, 6.07) is 13.3. The van der Waals surface area contributed by atoms with Crippen LogP contribution in [0.2, 0.25) is 0 Å². The van der Waals surface area contributed by atoms with E-state index in [0.717, 1.165) is 12.8 Å². The van der Waals surface area contributed by atoms with Gasteiger partial charge >= 0.3 is 0 Å². The van der Waals surface area contributed by atoms with Gasteiger partial charge in [-0.3, -0.25) is 14.5 Å². The van der Waals surface area contributed by atoms with Gasteiger partial charge in [-0.05, 0) is 42.5 Å². The number of halogens is 1. The van der Waals surface area contributed by atoms with Crippen molar-refractivity contribution < 1.29 is 18.7 Å². The molecule has 6 heteroatoms. The smallest absolute Gasteiger partial charge is 0.294 e. The Bertz CT molecular complexity index is 1020. The minimum Gasteiger partial charge on any atom is -0.449 e. The molecule has 1 saturated carbocycles. The molecule has 3 unspecified atom stereocenters. The van der Waals surface area contributed by atoms with Gasteiger partial charge in [0.15, 0.2) is 11.5 Å². The summed E-state index contributed by atoms with van der Waals surface area (Å²) in [5, 5.41) is 3.12. The van der Waals surface area contributed by atoms with Gasteiger partial charge in [-0.2, -0.15) is 0 Å². The fraction of sp³-hybridized carbons (Fsp3) is 0.360. The Hall–Kier alpha value is -3.15. The van der Waals surface area contributed by atoms with Gasteiger partial charge in [0.2, 0.25) is 5.91 Å². The number of ether oxygens (including phenoxy) is 1. The normalized spacial score (nSPS) is 24.5. The van der Waals surface area contributed by atoms with Crippen LogP contribution in [0.5, 0.6) is 5.75 Å². The van der Waals surface area contributed by atoms with Crippen LogP contribution in [0.25, 0.3) is 6.08 Å². The van der Waals surface area contributed by atoms with E-state index in [1.54, 1.807) is 42.5 Å². The van der Waals surface area contributed by atoms with Gasteiger partial charge < -0.3 is 10.1 Å². The highest BCUT2D eigenvalue weighted by Crippen LogP contribution is 2.36. The molecule has 4 rings (SSSR count). The van der Waals surface area contributed by atoms with Crippen LogP contribution in [0.3, 0.4) is 0 Å². The summed E-state index contributed by atoms with van der Waals surface area (Å²) >= 11 is 0. The zero-order valence-corrected chi connectivity index (χ0v) is 17.8. The zero-order valence-electron chi connectivity index (χ0n) is 17.8. The van der Waals surface area contributed by atoms with E-state index in [-0.39, 0.29) is 29.8 Å². The van der Waals surface area contributed by atoms with E-state index >= 15 is 0 Å². The molecule has 2 aromatic carbocycles. The van der Waals surface area contributed by atoms with Gasteiger partial charge in [0, 0.05) is 11.6 Å². The van der Waals surface area contributed by atoms with Crippen molar-refractivity contribution in [2.24, 2.45) is 11.8 Å². The highest BCUT2D eigenvalue weighted by Gasteiger charge is 2.33. The second kappa shape index (κ2) is 8.92. The molecule has 31 heavy (non-hydrogen) atoms. The van der Waals surface area contributed by atoms with Crippen molar-refractivity contribution in [2.75, 3.05) is 11.4 Å². The highest BCUT2D eigenvalue weighted by molar-refractivity contribution is 6.12. The number of hydrogen-bond acceptors (Lipinski definition) is 3. The molecule has 0 saturated heterocycles. The molecule has 1 aliphatic carbocycles. The molecule has 162 valence electrons. The highest BCUT2D eigenvalue weighted by atomic mass is 19.1. The Labute approximate surface area is 181 Å². The molecular weight excluding hydrogens is 395 g/mol. The quantitative estimate of drug-likeness (QED) is 0.737. The van der Waals surface area contributed by atoms with E-state index in [4.69, 9.17) is 4.74 Å². The first-order valence-electron chi connectivity index (χ1n) is 10.8. The molecule has 0 spiro atoms. The van der Waals surface area contributed by atoms with Crippen molar-refractivity contribution in [3.05, 3.63) is 65.7 Å². The Morgan fingerprint density at radius 3 is 2.71 bits per heavy atom. The number of hydrogen-bond donors (Lipinski definition) is 1. The van der Waals surface area contributed by atoms with E-state index in [0.29, 0.717) is 23.3 Å². The van der Waals surface area contributed by atoms with Gasteiger partial charge in [0.1, 0.15) is 12.4 Å². The van der Waals surface area contributed by atoms with Crippen LogP contribution in [-0.2, 0) is 9.59 Å². The molecule has 2 aliphatic rings. The minimum absolute atomic E-state index is 0.0174. The third-order valence-electron chi connectivity index (χ3n) is 6.38.